The van der Waals surface area contributed by atoms with Gasteiger partial charge >= 0.3 is 0 Å². The Morgan fingerprint density at radius 1 is 1.43 bits per heavy atom. The normalized spacial score (nSPS) is 13.9. The van der Waals surface area contributed by atoms with Gasteiger partial charge < -0.3 is 5.11 Å². The summed E-state index contributed by atoms with van der Waals surface area (Å²) in [5.41, 5.74) is 0.595. The molecule has 1 rings (SSSR count). The second kappa shape index (κ2) is 4.42. The average molecular weight is 279 g/mol. The molecule has 0 aliphatic carbocycles. The van der Waals surface area contributed by atoms with E-state index in [0.29, 0.717) is 5.56 Å². The number of aliphatic hydroxyl groups is 1. The van der Waals surface area contributed by atoms with E-state index in [0.717, 1.165) is 10.7 Å². The minimum Gasteiger partial charge on any atom is -0.387 e. The first-order valence-corrected chi connectivity index (χ1v) is 6.86. The Morgan fingerprint density at radius 2 is 2.00 bits per heavy atom. The molecule has 0 saturated carbocycles. The quantitative estimate of drug-likeness (QED) is 0.912. The molecule has 0 bridgehead atoms. The van der Waals surface area contributed by atoms with Gasteiger partial charge in [-0.3, -0.25) is 0 Å². The van der Waals surface area contributed by atoms with Gasteiger partial charge in [-0.2, -0.15) is 0 Å². The van der Waals surface area contributed by atoms with E-state index >= 15 is 0 Å². The van der Waals surface area contributed by atoms with Crippen molar-refractivity contribution in [3.8, 4) is 0 Å². The lowest BCUT2D eigenvalue weighted by Gasteiger charge is -2.11. The van der Waals surface area contributed by atoms with E-state index in [-0.39, 0.29) is 5.75 Å². The van der Waals surface area contributed by atoms with Crippen molar-refractivity contribution in [2.24, 2.45) is 0 Å². The van der Waals surface area contributed by atoms with Gasteiger partial charge in [-0.1, -0.05) is 34.1 Å². The van der Waals surface area contributed by atoms with Crippen LogP contribution in [0, 0.1) is 0 Å². The molecule has 1 N–H and O–H groups in total. The summed E-state index contributed by atoms with van der Waals surface area (Å²) in [6.45, 7) is 0. The Kier molecular flexibility index (Phi) is 3.69. The summed E-state index contributed by atoms with van der Waals surface area (Å²) in [5, 5.41) is 9.63. The molecular weight excluding hydrogens is 268 g/mol. The van der Waals surface area contributed by atoms with Gasteiger partial charge in [0.15, 0.2) is 0 Å². The van der Waals surface area contributed by atoms with Crippen LogP contribution in [0.2, 0.25) is 0 Å². The first-order chi connectivity index (χ1) is 6.40. The van der Waals surface area contributed by atoms with Crippen molar-refractivity contribution >= 4 is 25.8 Å². The summed E-state index contributed by atoms with van der Waals surface area (Å²) in [6.07, 6.45) is 0.133. The van der Waals surface area contributed by atoms with Crippen LogP contribution in [-0.2, 0) is 9.84 Å². The smallest absolute Gasteiger partial charge is 0.150 e. The largest absolute Gasteiger partial charge is 0.387 e. The molecule has 3 nitrogen and oxygen atoms in total. The highest BCUT2D eigenvalue weighted by Gasteiger charge is 2.16. The van der Waals surface area contributed by atoms with Crippen LogP contribution in [0.25, 0.3) is 0 Å². The molecule has 0 saturated heterocycles. The first kappa shape index (κ1) is 11.7. The highest BCUT2D eigenvalue weighted by atomic mass is 79.9. The molecule has 1 aromatic carbocycles. The van der Waals surface area contributed by atoms with E-state index in [9.17, 15) is 13.5 Å². The van der Waals surface area contributed by atoms with Crippen molar-refractivity contribution in [2.75, 3.05) is 12.0 Å². The zero-order chi connectivity index (χ0) is 10.8. The van der Waals surface area contributed by atoms with Gasteiger partial charge in [0.25, 0.3) is 0 Å². The highest BCUT2D eigenvalue weighted by molar-refractivity contribution is 9.10. The fourth-order valence-electron chi connectivity index (χ4n) is 1.12. The molecular formula is C9H11BrO3S. The van der Waals surface area contributed by atoms with Gasteiger partial charge in [-0.15, -0.1) is 0 Å². The highest BCUT2D eigenvalue weighted by Crippen LogP contribution is 2.23. The average Bonchev–Trinajstić information content (AvgIpc) is 2.01. The Bertz CT molecular complexity index is 414. The van der Waals surface area contributed by atoms with Gasteiger partial charge in [0, 0.05) is 10.7 Å². The molecule has 78 valence electrons. The third kappa shape index (κ3) is 3.40. The molecule has 0 aromatic heterocycles. The lowest BCUT2D eigenvalue weighted by Crippen LogP contribution is -2.13. The second-order valence-electron chi connectivity index (χ2n) is 3.13. The molecule has 1 unspecified atom stereocenters. The summed E-state index contributed by atoms with van der Waals surface area (Å²) in [6, 6.07) is 7.02. The van der Waals surface area contributed by atoms with E-state index < -0.39 is 15.9 Å². The summed E-state index contributed by atoms with van der Waals surface area (Å²) in [5.74, 6) is -0.254. The maximum atomic E-state index is 11.0. The Hall–Kier alpha value is -0.390. The molecule has 0 spiro atoms. The molecule has 0 aliphatic rings. The van der Waals surface area contributed by atoms with Crippen molar-refractivity contribution < 1.29 is 13.5 Å². The van der Waals surface area contributed by atoms with Crippen molar-refractivity contribution in [2.45, 2.75) is 6.10 Å². The van der Waals surface area contributed by atoms with Gasteiger partial charge in [-0.05, 0) is 11.6 Å². The van der Waals surface area contributed by atoms with Gasteiger partial charge in [0.05, 0.1) is 11.9 Å². The SMILES string of the molecule is CS(=O)(=O)CC(O)c1ccccc1Br. The lowest BCUT2D eigenvalue weighted by atomic mass is 10.1. The number of hydrogen-bond donors (Lipinski definition) is 1. The molecule has 0 aliphatic heterocycles. The number of halogens is 1. The monoisotopic (exact) mass is 278 g/mol. The molecule has 1 atom stereocenters. The number of hydrogen-bond acceptors (Lipinski definition) is 3. The van der Waals surface area contributed by atoms with Crippen LogP contribution >= 0.6 is 15.9 Å². The maximum Gasteiger partial charge on any atom is 0.150 e. The predicted octanol–water partition coefficient (Wildman–Crippen LogP) is 1.53. The third-order valence-corrected chi connectivity index (χ3v) is 3.37. The van der Waals surface area contributed by atoms with Crippen molar-refractivity contribution in [1.82, 2.24) is 0 Å². The van der Waals surface area contributed by atoms with Gasteiger partial charge in [0.1, 0.15) is 9.84 Å². The number of benzene rings is 1. The van der Waals surface area contributed by atoms with Crippen LogP contribution < -0.4 is 0 Å². The van der Waals surface area contributed by atoms with Crippen molar-refractivity contribution in [3.63, 3.8) is 0 Å². The van der Waals surface area contributed by atoms with Gasteiger partial charge in [0.2, 0.25) is 0 Å². The predicted molar refractivity (Wildman–Crippen MR) is 58.8 cm³/mol. The number of aliphatic hydroxyl groups excluding tert-OH is 1. The third-order valence-electron chi connectivity index (χ3n) is 1.72. The molecule has 5 heteroatoms. The second-order valence-corrected chi connectivity index (χ2v) is 6.17. The molecule has 14 heavy (non-hydrogen) atoms. The fraction of sp³-hybridized carbons (Fsp3) is 0.333. The standard InChI is InChI=1S/C9H11BrO3S/c1-14(12,13)6-9(11)7-4-2-3-5-8(7)10/h2-5,9,11H,6H2,1H3. The molecule has 0 fully saturated rings. The summed E-state index contributed by atoms with van der Waals surface area (Å²) < 4.78 is 22.6. The van der Waals surface area contributed by atoms with Gasteiger partial charge in [-0.25, -0.2) is 8.42 Å². The van der Waals surface area contributed by atoms with E-state index in [1.807, 2.05) is 0 Å². The van der Waals surface area contributed by atoms with E-state index in [2.05, 4.69) is 15.9 Å². The summed E-state index contributed by atoms with van der Waals surface area (Å²) in [7, 11) is -3.16. The fourth-order valence-corrected chi connectivity index (χ4v) is 2.42. The van der Waals surface area contributed by atoms with Crippen LogP contribution in [0.1, 0.15) is 11.7 Å². The zero-order valence-corrected chi connectivity index (χ0v) is 10.0. The number of rotatable bonds is 3. The minimum absolute atomic E-state index is 0.254. The summed E-state index contributed by atoms with van der Waals surface area (Å²) in [4.78, 5) is 0. The van der Waals surface area contributed by atoms with Crippen molar-refractivity contribution in [1.29, 1.82) is 0 Å². The minimum atomic E-state index is -3.16. The Labute approximate surface area is 91.8 Å². The number of sulfone groups is 1. The summed E-state index contributed by atoms with van der Waals surface area (Å²) >= 11 is 3.25. The Balaban J connectivity index is 2.90. The maximum absolute atomic E-state index is 11.0. The van der Waals surface area contributed by atoms with Crippen LogP contribution in [0.15, 0.2) is 28.7 Å². The molecule has 0 amide bonds. The Morgan fingerprint density at radius 3 is 2.50 bits per heavy atom. The van der Waals surface area contributed by atoms with E-state index in [1.165, 1.54) is 0 Å². The lowest BCUT2D eigenvalue weighted by molar-refractivity contribution is 0.201. The van der Waals surface area contributed by atoms with E-state index in [1.54, 1.807) is 24.3 Å². The topological polar surface area (TPSA) is 54.4 Å². The van der Waals surface area contributed by atoms with Crippen LogP contribution in [0.3, 0.4) is 0 Å². The molecule has 0 heterocycles. The van der Waals surface area contributed by atoms with E-state index in [4.69, 9.17) is 0 Å². The zero-order valence-electron chi connectivity index (χ0n) is 7.64. The first-order valence-electron chi connectivity index (χ1n) is 4.00. The van der Waals surface area contributed by atoms with Crippen LogP contribution in [0.4, 0.5) is 0 Å². The molecule has 0 radical (unpaired) electrons. The van der Waals surface area contributed by atoms with Crippen LogP contribution in [-0.4, -0.2) is 25.5 Å². The van der Waals surface area contributed by atoms with Crippen molar-refractivity contribution in [3.05, 3.63) is 34.3 Å². The molecule has 1 aromatic rings. The van der Waals surface area contributed by atoms with Crippen LogP contribution in [0.5, 0.6) is 0 Å².